The van der Waals surface area contributed by atoms with Crippen LogP contribution < -0.4 is 11.1 Å². The number of hydrogen-bond donors (Lipinski definition) is 2. The number of anilines is 1. The van der Waals surface area contributed by atoms with Crippen LogP contribution in [-0.4, -0.2) is 5.66 Å². The van der Waals surface area contributed by atoms with E-state index in [0.717, 1.165) is 23.7 Å². The van der Waals surface area contributed by atoms with Crippen molar-refractivity contribution >= 4 is 21.6 Å². The van der Waals surface area contributed by atoms with Gasteiger partial charge in [0.25, 0.3) is 0 Å². The Labute approximate surface area is 93.0 Å². The quantitative estimate of drug-likeness (QED) is 0.809. The van der Waals surface area contributed by atoms with Gasteiger partial charge >= 0.3 is 0 Å². The van der Waals surface area contributed by atoms with Crippen molar-refractivity contribution in [2.75, 3.05) is 5.32 Å². The first-order chi connectivity index (χ1) is 6.63. The number of nitrogens with one attached hydrogen (secondary N) is 1. The van der Waals surface area contributed by atoms with Crippen LogP contribution in [0.15, 0.2) is 22.7 Å². The summed E-state index contributed by atoms with van der Waals surface area (Å²) in [4.78, 5) is 0. The number of aryl methyl sites for hydroxylation is 1. The van der Waals surface area contributed by atoms with Crippen LogP contribution in [0.4, 0.5) is 5.69 Å². The Kier molecular flexibility index (Phi) is 2.54. The third-order valence-electron chi connectivity index (χ3n) is 2.92. The summed E-state index contributed by atoms with van der Waals surface area (Å²) in [7, 11) is 0. The molecule has 0 aliphatic carbocycles. The average Bonchev–Trinajstić information content (AvgIpc) is 2.19. The lowest BCUT2D eigenvalue weighted by molar-refractivity contribution is 0.420. The molecule has 3 N–H and O–H groups in total. The van der Waals surface area contributed by atoms with Gasteiger partial charge in [-0.25, -0.2) is 0 Å². The van der Waals surface area contributed by atoms with Crippen molar-refractivity contribution in [2.45, 2.75) is 31.8 Å². The van der Waals surface area contributed by atoms with E-state index in [2.05, 4.69) is 40.3 Å². The third-order valence-corrected chi connectivity index (χ3v) is 3.42. The molecule has 0 aromatic heterocycles. The Bertz CT molecular complexity index is 351. The molecule has 2 rings (SSSR count). The predicted molar refractivity (Wildman–Crippen MR) is 63.3 cm³/mol. The van der Waals surface area contributed by atoms with Crippen LogP contribution in [0.1, 0.15) is 25.3 Å². The van der Waals surface area contributed by atoms with Gasteiger partial charge in [0.15, 0.2) is 0 Å². The standard InChI is InChI=1S/C11H15BrN2/c1-2-11(13)6-5-8-7-9(12)3-4-10(8)14-11/h3-4,7,14H,2,5-6,13H2,1H3. The van der Waals surface area contributed by atoms with E-state index in [-0.39, 0.29) is 5.66 Å². The summed E-state index contributed by atoms with van der Waals surface area (Å²) in [5, 5.41) is 3.41. The van der Waals surface area contributed by atoms with Crippen LogP contribution in [0.5, 0.6) is 0 Å². The summed E-state index contributed by atoms with van der Waals surface area (Å²) < 4.78 is 1.14. The van der Waals surface area contributed by atoms with Crippen molar-refractivity contribution in [1.29, 1.82) is 0 Å². The Morgan fingerprint density at radius 1 is 1.57 bits per heavy atom. The van der Waals surface area contributed by atoms with E-state index < -0.39 is 0 Å². The lowest BCUT2D eigenvalue weighted by atomic mass is 9.92. The second-order valence-electron chi connectivity index (χ2n) is 3.94. The first-order valence-electron chi connectivity index (χ1n) is 4.98. The van der Waals surface area contributed by atoms with E-state index >= 15 is 0 Å². The largest absolute Gasteiger partial charge is 0.367 e. The number of halogens is 1. The molecule has 1 atom stereocenters. The van der Waals surface area contributed by atoms with Crippen molar-refractivity contribution < 1.29 is 0 Å². The molecule has 0 radical (unpaired) electrons. The normalized spacial score (nSPS) is 25.4. The van der Waals surface area contributed by atoms with Gasteiger partial charge in [-0.1, -0.05) is 22.9 Å². The van der Waals surface area contributed by atoms with Crippen LogP contribution in [0.2, 0.25) is 0 Å². The molecule has 76 valence electrons. The zero-order valence-corrected chi connectivity index (χ0v) is 9.89. The molecule has 1 unspecified atom stereocenters. The van der Waals surface area contributed by atoms with Crippen molar-refractivity contribution in [3.8, 4) is 0 Å². The molecule has 0 spiro atoms. The highest BCUT2D eigenvalue weighted by molar-refractivity contribution is 9.10. The molecule has 1 aromatic rings. The summed E-state index contributed by atoms with van der Waals surface area (Å²) in [6.45, 7) is 2.12. The minimum absolute atomic E-state index is 0.208. The molecule has 1 aromatic carbocycles. The molecule has 14 heavy (non-hydrogen) atoms. The van der Waals surface area contributed by atoms with Crippen LogP contribution >= 0.6 is 15.9 Å². The van der Waals surface area contributed by atoms with E-state index in [1.54, 1.807) is 0 Å². The number of hydrogen-bond acceptors (Lipinski definition) is 2. The zero-order chi connectivity index (χ0) is 10.2. The summed E-state index contributed by atoms with van der Waals surface area (Å²) in [6, 6.07) is 6.31. The molecule has 1 heterocycles. The van der Waals surface area contributed by atoms with Gasteiger partial charge in [0, 0.05) is 10.2 Å². The first-order valence-corrected chi connectivity index (χ1v) is 5.78. The fourth-order valence-corrected chi connectivity index (χ4v) is 2.25. The number of nitrogens with two attached hydrogens (primary N) is 1. The average molecular weight is 255 g/mol. The highest BCUT2D eigenvalue weighted by Crippen LogP contribution is 2.31. The predicted octanol–water partition coefficient (Wildman–Crippen LogP) is 2.87. The summed E-state index contributed by atoms with van der Waals surface area (Å²) in [5.41, 5.74) is 8.52. The van der Waals surface area contributed by atoms with Gasteiger partial charge in [0.1, 0.15) is 0 Å². The van der Waals surface area contributed by atoms with Crippen molar-refractivity contribution in [3.63, 3.8) is 0 Å². The molecule has 0 saturated carbocycles. The molecular weight excluding hydrogens is 240 g/mol. The van der Waals surface area contributed by atoms with Crippen molar-refractivity contribution in [1.82, 2.24) is 0 Å². The van der Waals surface area contributed by atoms with Gasteiger partial charge < -0.3 is 11.1 Å². The number of benzene rings is 1. The van der Waals surface area contributed by atoms with E-state index in [0.29, 0.717) is 0 Å². The van der Waals surface area contributed by atoms with Gasteiger partial charge in [-0.2, -0.15) is 0 Å². The fraction of sp³-hybridized carbons (Fsp3) is 0.455. The molecule has 1 aliphatic heterocycles. The maximum absolute atomic E-state index is 6.19. The monoisotopic (exact) mass is 254 g/mol. The molecular formula is C11H15BrN2. The van der Waals surface area contributed by atoms with Gasteiger partial charge in [-0.15, -0.1) is 0 Å². The summed E-state index contributed by atoms with van der Waals surface area (Å²) in [6.07, 6.45) is 3.03. The van der Waals surface area contributed by atoms with Crippen LogP contribution in [0.3, 0.4) is 0 Å². The van der Waals surface area contributed by atoms with Gasteiger partial charge in [-0.3, -0.25) is 0 Å². The third kappa shape index (κ3) is 1.79. The highest BCUT2D eigenvalue weighted by atomic mass is 79.9. The molecule has 2 nitrogen and oxygen atoms in total. The van der Waals surface area contributed by atoms with E-state index in [4.69, 9.17) is 5.73 Å². The van der Waals surface area contributed by atoms with E-state index in [1.807, 2.05) is 6.07 Å². The van der Waals surface area contributed by atoms with Gasteiger partial charge in [0.2, 0.25) is 0 Å². The Hall–Kier alpha value is -0.540. The molecule has 0 fully saturated rings. The van der Waals surface area contributed by atoms with Gasteiger partial charge in [0.05, 0.1) is 5.66 Å². The maximum atomic E-state index is 6.19. The first kappa shape index (κ1) is 9.99. The highest BCUT2D eigenvalue weighted by Gasteiger charge is 2.27. The Balaban J connectivity index is 2.31. The van der Waals surface area contributed by atoms with Crippen molar-refractivity contribution in [3.05, 3.63) is 28.2 Å². The minimum Gasteiger partial charge on any atom is -0.367 e. The van der Waals surface area contributed by atoms with Crippen LogP contribution in [-0.2, 0) is 6.42 Å². The topological polar surface area (TPSA) is 38.0 Å². The lowest BCUT2D eigenvalue weighted by Crippen LogP contribution is -2.49. The molecule has 0 bridgehead atoms. The zero-order valence-electron chi connectivity index (χ0n) is 8.31. The molecule has 0 saturated heterocycles. The van der Waals surface area contributed by atoms with Gasteiger partial charge in [-0.05, 0) is 43.0 Å². The SMILES string of the molecule is CCC1(N)CCc2cc(Br)ccc2N1. The second kappa shape index (κ2) is 3.55. The fourth-order valence-electron chi connectivity index (χ4n) is 1.84. The molecule has 3 heteroatoms. The second-order valence-corrected chi connectivity index (χ2v) is 4.85. The summed E-state index contributed by atoms with van der Waals surface area (Å²) in [5.74, 6) is 0. The number of fused-ring (bicyclic) bond motifs is 1. The lowest BCUT2D eigenvalue weighted by Gasteiger charge is -2.36. The smallest absolute Gasteiger partial charge is 0.0857 e. The van der Waals surface area contributed by atoms with E-state index in [9.17, 15) is 0 Å². The summed E-state index contributed by atoms with van der Waals surface area (Å²) >= 11 is 3.48. The maximum Gasteiger partial charge on any atom is 0.0857 e. The molecule has 0 amide bonds. The Morgan fingerprint density at radius 2 is 2.36 bits per heavy atom. The van der Waals surface area contributed by atoms with Crippen molar-refractivity contribution in [2.24, 2.45) is 5.73 Å². The van der Waals surface area contributed by atoms with Crippen LogP contribution in [0.25, 0.3) is 0 Å². The molecule has 1 aliphatic rings. The van der Waals surface area contributed by atoms with E-state index in [1.165, 1.54) is 11.3 Å². The van der Waals surface area contributed by atoms with Crippen LogP contribution in [0, 0.1) is 0 Å². The Morgan fingerprint density at radius 3 is 3.07 bits per heavy atom. The number of rotatable bonds is 1. The minimum atomic E-state index is -0.208.